The summed E-state index contributed by atoms with van der Waals surface area (Å²) in [5.41, 5.74) is 1.79. The van der Waals surface area contributed by atoms with Gasteiger partial charge in [0.15, 0.2) is 4.77 Å². The van der Waals surface area contributed by atoms with Crippen LogP contribution in [0, 0.1) is 4.77 Å². The first-order chi connectivity index (χ1) is 24.9. The summed E-state index contributed by atoms with van der Waals surface area (Å²) in [5.74, 6) is 0.0834. The molecule has 13 heteroatoms. The van der Waals surface area contributed by atoms with E-state index in [4.69, 9.17) is 40.6 Å². The summed E-state index contributed by atoms with van der Waals surface area (Å²) in [5, 5.41) is 5.87. The van der Waals surface area contributed by atoms with E-state index in [0.717, 1.165) is 28.4 Å². The van der Waals surface area contributed by atoms with Gasteiger partial charge in [0.25, 0.3) is 5.56 Å². The molecule has 4 aromatic rings. The molecule has 0 saturated heterocycles. The van der Waals surface area contributed by atoms with Gasteiger partial charge in [-0.05, 0) is 54.7 Å². The largest absolute Gasteiger partial charge is 0.378 e. The van der Waals surface area contributed by atoms with Gasteiger partial charge in [-0.1, -0.05) is 54.6 Å². The summed E-state index contributed by atoms with van der Waals surface area (Å²) in [4.78, 5) is 29.3. The van der Waals surface area contributed by atoms with E-state index < -0.39 is 0 Å². The molecule has 0 unspecified atom stereocenters. The van der Waals surface area contributed by atoms with Crippen LogP contribution in [0.25, 0.3) is 21.7 Å². The normalized spacial score (nSPS) is 11.1. The topological polar surface area (TPSA) is 126 Å². The molecule has 0 radical (unpaired) electrons. The van der Waals surface area contributed by atoms with Gasteiger partial charge in [-0.15, -0.1) is 0 Å². The van der Waals surface area contributed by atoms with Gasteiger partial charge in [0, 0.05) is 26.7 Å². The molecule has 2 N–H and O–H groups in total. The Morgan fingerprint density at radius 1 is 0.745 bits per heavy atom. The number of fused-ring (bicyclic) bond motifs is 2. The first kappa shape index (κ1) is 41.9. The Morgan fingerprint density at radius 2 is 1.24 bits per heavy atom. The number of hydrogen-bond donors (Lipinski definition) is 2. The van der Waals surface area contributed by atoms with Gasteiger partial charge in [-0.25, -0.2) is 0 Å². The highest BCUT2D eigenvalue weighted by atomic mass is 32.1. The molecular weight excluding hydrogens is 673 g/mol. The standard InChI is InChI=1S/C24H42N2O7.C14H12N2OS/c1-25-8-10-28-12-14-30-16-18-32-20-21-33-19-17-31-15-13-29-11-9-26(2)24(27)22-23-6-4-3-5-7-23;1-2-16-13(17)11-7-9-5-3-4-6-10(9)8-12(11)15-14(16)18/h3-7,25H,8-22H2,1-2H3;3-8H,2H2,1H3,(H,15,18). The summed E-state index contributed by atoms with van der Waals surface area (Å²) in [6.07, 6.45) is 0.409. The zero-order chi connectivity index (χ0) is 36.5. The molecule has 1 aromatic heterocycles. The van der Waals surface area contributed by atoms with Crippen LogP contribution in [0.4, 0.5) is 0 Å². The molecule has 3 aromatic carbocycles. The first-order valence-corrected chi connectivity index (χ1v) is 17.9. The van der Waals surface area contributed by atoms with Crippen LogP contribution in [0.3, 0.4) is 0 Å². The van der Waals surface area contributed by atoms with Gasteiger partial charge >= 0.3 is 0 Å². The Kier molecular flexibility index (Phi) is 20.9. The minimum atomic E-state index is -0.0259. The van der Waals surface area contributed by atoms with Gasteiger partial charge in [-0.3, -0.25) is 14.2 Å². The second kappa shape index (κ2) is 25.4. The second-order valence-electron chi connectivity index (χ2n) is 11.5. The molecule has 0 saturated carbocycles. The number of carbonyl (C=O) groups excluding carboxylic acids is 1. The summed E-state index contributed by atoms with van der Waals surface area (Å²) < 4.78 is 34.7. The van der Waals surface area contributed by atoms with Crippen molar-refractivity contribution in [2.24, 2.45) is 0 Å². The average Bonchev–Trinajstić information content (AvgIpc) is 3.14. The Bertz CT molecular complexity index is 1670. The molecule has 280 valence electrons. The van der Waals surface area contributed by atoms with Crippen LogP contribution in [0.5, 0.6) is 0 Å². The average molecular weight is 727 g/mol. The van der Waals surface area contributed by atoms with E-state index in [2.05, 4.69) is 10.3 Å². The van der Waals surface area contributed by atoms with E-state index in [0.29, 0.717) is 109 Å². The Hall–Kier alpha value is -3.53. The number of aromatic amines is 1. The molecule has 4 rings (SSSR count). The van der Waals surface area contributed by atoms with Crippen molar-refractivity contribution in [1.82, 2.24) is 19.8 Å². The van der Waals surface area contributed by atoms with Gasteiger partial charge in [0.05, 0.1) is 96.6 Å². The van der Waals surface area contributed by atoms with Gasteiger partial charge in [-0.2, -0.15) is 0 Å². The fourth-order valence-electron chi connectivity index (χ4n) is 4.84. The summed E-state index contributed by atoms with van der Waals surface area (Å²) in [6.45, 7) is 10.4. The summed E-state index contributed by atoms with van der Waals surface area (Å²) in [6, 6.07) is 21.6. The molecule has 1 heterocycles. The summed E-state index contributed by atoms with van der Waals surface area (Å²) in [7, 11) is 3.69. The van der Waals surface area contributed by atoms with Crippen molar-refractivity contribution in [1.29, 1.82) is 0 Å². The number of hydrogen-bond acceptors (Lipinski definition) is 10. The fourth-order valence-corrected chi connectivity index (χ4v) is 5.16. The maximum atomic E-state index is 12.3. The number of ether oxygens (including phenoxy) is 6. The van der Waals surface area contributed by atoms with Crippen molar-refractivity contribution in [3.63, 3.8) is 0 Å². The van der Waals surface area contributed by atoms with E-state index in [-0.39, 0.29) is 11.5 Å². The van der Waals surface area contributed by atoms with Crippen molar-refractivity contribution >= 4 is 39.8 Å². The number of likely N-dealkylation sites (N-methyl/N-ethyl adjacent to an activating group) is 2. The summed E-state index contributed by atoms with van der Waals surface area (Å²) >= 11 is 5.20. The SMILES string of the molecule is CCn1c(=S)[nH]c2cc3ccccc3cc2c1=O.CNCCOCCOCCOCCOCCOCCOCCN(C)C(=O)Cc1ccccc1. The lowest BCUT2D eigenvalue weighted by atomic mass is 10.1. The van der Waals surface area contributed by atoms with Crippen LogP contribution in [-0.4, -0.2) is 127 Å². The molecule has 0 spiro atoms. The third-order valence-electron chi connectivity index (χ3n) is 7.72. The fraction of sp³-hybridized carbons (Fsp3) is 0.500. The molecule has 0 bridgehead atoms. The minimum Gasteiger partial charge on any atom is -0.378 e. The monoisotopic (exact) mass is 726 g/mol. The molecule has 0 aliphatic heterocycles. The van der Waals surface area contributed by atoms with Crippen LogP contribution in [0.2, 0.25) is 0 Å². The zero-order valence-electron chi connectivity index (χ0n) is 30.2. The number of rotatable bonds is 24. The van der Waals surface area contributed by atoms with Crippen molar-refractivity contribution in [2.45, 2.75) is 19.9 Å². The van der Waals surface area contributed by atoms with Crippen LogP contribution in [0.1, 0.15) is 12.5 Å². The van der Waals surface area contributed by atoms with Crippen molar-refractivity contribution in [2.75, 3.05) is 106 Å². The molecular formula is C38H54N4O8S. The number of benzene rings is 3. The Labute approximate surface area is 305 Å². The number of carbonyl (C=O) groups is 1. The second-order valence-corrected chi connectivity index (χ2v) is 11.9. The van der Waals surface area contributed by atoms with Gasteiger partial charge in [0.1, 0.15) is 0 Å². The molecule has 1 amide bonds. The lowest BCUT2D eigenvalue weighted by molar-refractivity contribution is -0.129. The number of nitrogens with one attached hydrogen (secondary N) is 2. The Balaban J connectivity index is 0.000000323. The van der Waals surface area contributed by atoms with E-state index >= 15 is 0 Å². The van der Waals surface area contributed by atoms with Gasteiger partial charge in [0.2, 0.25) is 5.91 Å². The van der Waals surface area contributed by atoms with Crippen LogP contribution in [-0.2, 0) is 46.2 Å². The van der Waals surface area contributed by atoms with E-state index in [1.165, 1.54) is 0 Å². The quantitative estimate of drug-likeness (QED) is 0.0616. The highest BCUT2D eigenvalue weighted by molar-refractivity contribution is 7.71. The third kappa shape index (κ3) is 16.1. The lowest BCUT2D eigenvalue weighted by Crippen LogP contribution is -2.31. The third-order valence-corrected chi connectivity index (χ3v) is 8.04. The van der Waals surface area contributed by atoms with E-state index in [1.54, 1.807) is 16.5 Å². The van der Waals surface area contributed by atoms with Crippen LogP contribution < -0.4 is 10.9 Å². The lowest BCUT2D eigenvalue weighted by Gasteiger charge is -2.17. The molecule has 51 heavy (non-hydrogen) atoms. The number of nitrogens with zero attached hydrogens (tertiary/aromatic N) is 2. The minimum absolute atomic E-state index is 0.0259. The molecule has 0 atom stereocenters. The predicted molar refractivity (Wildman–Crippen MR) is 203 cm³/mol. The van der Waals surface area contributed by atoms with Gasteiger partial charge < -0.3 is 43.6 Å². The van der Waals surface area contributed by atoms with E-state index in [1.807, 2.05) is 80.7 Å². The highest BCUT2D eigenvalue weighted by Crippen LogP contribution is 2.19. The number of amides is 1. The zero-order valence-corrected chi connectivity index (χ0v) is 31.0. The van der Waals surface area contributed by atoms with Crippen molar-refractivity contribution in [3.05, 3.63) is 87.4 Å². The predicted octanol–water partition coefficient (Wildman–Crippen LogP) is 4.24. The molecule has 12 nitrogen and oxygen atoms in total. The number of aromatic nitrogens is 2. The highest BCUT2D eigenvalue weighted by Gasteiger charge is 2.09. The molecule has 0 fully saturated rings. The maximum absolute atomic E-state index is 12.3. The number of H-pyrrole nitrogens is 1. The molecule has 0 aliphatic carbocycles. The van der Waals surface area contributed by atoms with Crippen molar-refractivity contribution < 1.29 is 33.2 Å². The van der Waals surface area contributed by atoms with E-state index in [9.17, 15) is 9.59 Å². The van der Waals surface area contributed by atoms with Crippen LogP contribution >= 0.6 is 12.2 Å². The Morgan fingerprint density at radius 3 is 1.76 bits per heavy atom. The molecule has 0 aliphatic rings. The smallest absolute Gasteiger partial charge is 0.262 e. The maximum Gasteiger partial charge on any atom is 0.262 e. The van der Waals surface area contributed by atoms with Crippen LogP contribution in [0.15, 0.2) is 71.5 Å². The van der Waals surface area contributed by atoms with Crippen molar-refractivity contribution in [3.8, 4) is 0 Å². The first-order valence-electron chi connectivity index (χ1n) is 17.5.